The van der Waals surface area contributed by atoms with Crippen LogP contribution in [0.5, 0.6) is 5.75 Å². The maximum atomic E-state index is 13.3. The summed E-state index contributed by atoms with van der Waals surface area (Å²) < 4.78 is 18.9. The number of aryl methyl sites for hydroxylation is 1. The van der Waals surface area contributed by atoms with Gasteiger partial charge in [0.25, 0.3) is 11.8 Å². The summed E-state index contributed by atoms with van der Waals surface area (Å²) in [5.74, 6) is -0.218. The number of halogens is 1. The third-order valence-electron chi connectivity index (χ3n) is 6.69. The van der Waals surface area contributed by atoms with E-state index in [9.17, 15) is 18.8 Å². The number of hydrogen-bond donors (Lipinski definition) is 2. The molecule has 1 aliphatic rings. The molecule has 1 aliphatic heterocycles. The predicted octanol–water partition coefficient (Wildman–Crippen LogP) is 4.74. The first-order chi connectivity index (χ1) is 18.3. The zero-order chi connectivity index (χ0) is 27.1. The Labute approximate surface area is 222 Å². The van der Waals surface area contributed by atoms with Gasteiger partial charge in [-0.1, -0.05) is 42.0 Å². The molecule has 3 aromatic carbocycles. The zero-order valence-corrected chi connectivity index (χ0v) is 21.6. The molecule has 1 atom stereocenters. The maximum absolute atomic E-state index is 13.3. The fourth-order valence-electron chi connectivity index (χ4n) is 4.54. The lowest BCUT2D eigenvalue weighted by molar-refractivity contribution is -0.134. The minimum atomic E-state index is -0.940. The van der Waals surface area contributed by atoms with Gasteiger partial charge in [0.2, 0.25) is 5.91 Å². The molecule has 1 fully saturated rings. The monoisotopic (exact) mass is 517 g/mol. The molecule has 3 amide bonds. The quantitative estimate of drug-likeness (QED) is 0.452. The molecule has 0 saturated carbocycles. The number of piperidine rings is 1. The normalized spacial score (nSPS) is 14.4. The highest BCUT2D eigenvalue weighted by molar-refractivity contribution is 5.97. The molecule has 38 heavy (non-hydrogen) atoms. The van der Waals surface area contributed by atoms with Gasteiger partial charge in [0.1, 0.15) is 17.6 Å². The number of likely N-dealkylation sites (tertiary alicyclic amines) is 1. The van der Waals surface area contributed by atoms with Crippen LogP contribution >= 0.6 is 0 Å². The van der Waals surface area contributed by atoms with Crippen LogP contribution in [0, 0.1) is 12.7 Å². The smallest absolute Gasteiger partial charge is 0.260 e. The molecule has 0 unspecified atom stereocenters. The van der Waals surface area contributed by atoms with E-state index in [0.717, 1.165) is 24.0 Å². The Kier molecular flexibility index (Phi) is 8.73. The van der Waals surface area contributed by atoms with E-state index in [2.05, 4.69) is 10.6 Å². The average molecular weight is 518 g/mol. The number of rotatable bonds is 8. The molecule has 8 heteroatoms. The van der Waals surface area contributed by atoms with E-state index in [1.165, 1.54) is 31.2 Å². The number of nitrogens with one attached hydrogen (secondary N) is 2. The molecule has 4 rings (SSSR count). The first kappa shape index (κ1) is 26.9. The van der Waals surface area contributed by atoms with Crippen molar-refractivity contribution in [3.63, 3.8) is 0 Å². The van der Waals surface area contributed by atoms with Gasteiger partial charge in [0.15, 0.2) is 6.61 Å². The second kappa shape index (κ2) is 12.4. The van der Waals surface area contributed by atoms with Crippen molar-refractivity contribution in [3.8, 4) is 5.75 Å². The number of carbonyl (C=O) groups is 3. The van der Waals surface area contributed by atoms with E-state index in [4.69, 9.17) is 4.74 Å². The van der Waals surface area contributed by atoms with Gasteiger partial charge in [-0.05, 0) is 73.2 Å². The first-order valence-corrected chi connectivity index (χ1v) is 12.7. The van der Waals surface area contributed by atoms with Crippen LogP contribution in [-0.2, 0) is 14.4 Å². The Hall–Kier alpha value is -4.20. The van der Waals surface area contributed by atoms with Crippen LogP contribution in [0.25, 0.3) is 0 Å². The Morgan fingerprint density at radius 3 is 2.18 bits per heavy atom. The molecule has 198 valence electrons. The number of carbonyl (C=O) groups excluding carboxylic acids is 3. The summed E-state index contributed by atoms with van der Waals surface area (Å²) >= 11 is 0. The summed E-state index contributed by atoms with van der Waals surface area (Å²) in [5, 5.41) is 5.45. The molecular weight excluding hydrogens is 485 g/mol. The molecule has 1 saturated heterocycles. The zero-order valence-electron chi connectivity index (χ0n) is 21.6. The Morgan fingerprint density at radius 2 is 1.58 bits per heavy atom. The van der Waals surface area contributed by atoms with Crippen molar-refractivity contribution >= 4 is 23.4 Å². The Morgan fingerprint density at radius 1 is 0.947 bits per heavy atom. The van der Waals surface area contributed by atoms with Gasteiger partial charge >= 0.3 is 0 Å². The second-order valence-electron chi connectivity index (χ2n) is 9.55. The van der Waals surface area contributed by atoms with Gasteiger partial charge in [0.05, 0.1) is 0 Å². The predicted molar refractivity (Wildman–Crippen MR) is 143 cm³/mol. The molecule has 0 aliphatic carbocycles. The third kappa shape index (κ3) is 7.18. The molecule has 1 heterocycles. The standard InChI is InChI=1S/C30H32FN3O4/c1-20-3-13-27(14-4-20)38-19-28(36)34-17-15-23(16-18-34)22-7-11-26(12-8-22)33-30(37)29(32-21(2)35)24-5-9-25(31)10-6-24/h3-14,23,29H,15-19H2,1-2H3,(H,32,35)(H,33,37)/t29-/m0/s1. The first-order valence-electron chi connectivity index (χ1n) is 12.7. The van der Waals surface area contributed by atoms with Crippen molar-refractivity contribution in [3.05, 3.63) is 95.3 Å². The minimum Gasteiger partial charge on any atom is -0.484 e. The molecule has 2 N–H and O–H groups in total. The van der Waals surface area contributed by atoms with Crippen LogP contribution in [0.2, 0.25) is 0 Å². The van der Waals surface area contributed by atoms with Gasteiger partial charge in [0, 0.05) is 25.7 Å². The van der Waals surface area contributed by atoms with Gasteiger partial charge in [-0.2, -0.15) is 0 Å². The van der Waals surface area contributed by atoms with Crippen LogP contribution < -0.4 is 15.4 Å². The van der Waals surface area contributed by atoms with Crippen LogP contribution in [0.15, 0.2) is 72.8 Å². The molecule has 0 radical (unpaired) electrons. The Bertz CT molecular complexity index is 1250. The summed E-state index contributed by atoms with van der Waals surface area (Å²) in [6, 6.07) is 19.8. The SMILES string of the molecule is CC(=O)N[C@H](C(=O)Nc1ccc(C2CCN(C(=O)COc3ccc(C)cc3)CC2)cc1)c1ccc(F)cc1. The topological polar surface area (TPSA) is 87.7 Å². The lowest BCUT2D eigenvalue weighted by Crippen LogP contribution is -2.40. The number of anilines is 1. The van der Waals surface area contributed by atoms with E-state index in [0.29, 0.717) is 36.0 Å². The summed E-state index contributed by atoms with van der Waals surface area (Å²) in [5.41, 5.74) is 3.36. The second-order valence-corrected chi connectivity index (χ2v) is 9.55. The number of nitrogens with zero attached hydrogens (tertiary/aromatic N) is 1. The summed E-state index contributed by atoms with van der Waals surface area (Å²) in [4.78, 5) is 39.0. The van der Waals surface area contributed by atoms with Crippen molar-refractivity contribution in [2.45, 2.75) is 38.6 Å². The molecular formula is C30H32FN3O4. The molecule has 0 aromatic heterocycles. The fraction of sp³-hybridized carbons (Fsp3) is 0.300. The van der Waals surface area contributed by atoms with Crippen molar-refractivity contribution in [1.82, 2.24) is 10.2 Å². The van der Waals surface area contributed by atoms with E-state index in [1.54, 1.807) is 0 Å². The average Bonchev–Trinajstić information content (AvgIpc) is 2.92. The highest BCUT2D eigenvalue weighted by Gasteiger charge is 2.25. The summed E-state index contributed by atoms with van der Waals surface area (Å²) in [6.07, 6.45) is 1.69. The lowest BCUT2D eigenvalue weighted by Gasteiger charge is -2.32. The molecule has 0 spiro atoms. The van der Waals surface area contributed by atoms with Crippen LogP contribution in [0.1, 0.15) is 48.4 Å². The van der Waals surface area contributed by atoms with Crippen molar-refractivity contribution in [2.24, 2.45) is 0 Å². The van der Waals surface area contributed by atoms with Gasteiger partial charge in [-0.3, -0.25) is 14.4 Å². The minimum absolute atomic E-state index is 0.0167. The van der Waals surface area contributed by atoms with Crippen LogP contribution in [-0.4, -0.2) is 42.3 Å². The fourth-order valence-corrected chi connectivity index (χ4v) is 4.54. The van der Waals surface area contributed by atoms with Crippen molar-refractivity contribution in [2.75, 3.05) is 25.0 Å². The molecule has 0 bridgehead atoms. The number of hydrogen-bond acceptors (Lipinski definition) is 4. The number of benzene rings is 3. The maximum Gasteiger partial charge on any atom is 0.260 e. The highest BCUT2D eigenvalue weighted by Crippen LogP contribution is 2.29. The van der Waals surface area contributed by atoms with E-state index >= 15 is 0 Å². The van der Waals surface area contributed by atoms with Crippen LogP contribution in [0.4, 0.5) is 10.1 Å². The van der Waals surface area contributed by atoms with Crippen molar-refractivity contribution < 1.29 is 23.5 Å². The van der Waals surface area contributed by atoms with Gasteiger partial charge in [-0.15, -0.1) is 0 Å². The van der Waals surface area contributed by atoms with Crippen LogP contribution in [0.3, 0.4) is 0 Å². The number of ether oxygens (including phenoxy) is 1. The molecule has 3 aromatic rings. The molecule has 7 nitrogen and oxygen atoms in total. The van der Waals surface area contributed by atoms with Crippen molar-refractivity contribution in [1.29, 1.82) is 0 Å². The third-order valence-corrected chi connectivity index (χ3v) is 6.69. The summed E-state index contributed by atoms with van der Waals surface area (Å²) in [6.45, 7) is 4.68. The van der Waals surface area contributed by atoms with E-state index in [-0.39, 0.29) is 18.4 Å². The van der Waals surface area contributed by atoms with E-state index in [1.807, 2.05) is 60.4 Å². The largest absolute Gasteiger partial charge is 0.484 e. The number of amides is 3. The lowest BCUT2D eigenvalue weighted by atomic mass is 9.89. The summed E-state index contributed by atoms with van der Waals surface area (Å²) in [7, 11) is 0. The van der Waals surface area contributed by atoms with Gasteiger partial charge < -0.3 is 20.3 Å². The van der Waals surface area contributed by atoms with Gasteiger partial charge in [-0.25, -0.2) is 4.39 Å². The highest BCUT2D eigenvalue weighted by atomic mass is 19.1. The van der Waals surface area contributed by atoms with E-state index < -0.39 is 17.8 Å². The Balaban J connectivity index is 1.29.